The summed E-state index contributed by atoms with van der Waals surface area (Å²) in [4.78, 5) is 16.3. The summed E-state index contributed by atoms with van der Waals surface area (Å²) in [5.41, 5.74) is 0.395. The van der Waals surface area contributed by atoms with Crippen LogP contribution >= 0.6 is 0 Å². The number of methoxy groups -OCH3 is 1. The minimum absolute atomic E-state index is 0.0368. The number of fused-ring (bicyclic) bond motifs is 2. The average Bonchev–Trinajstić information content (AvgIpc) is 3.54. The zero-order chi connectivity index (χ0) is 31.2. The maximum absolute atomic E-state index is 14.2. The number of halogens is 5. The van der Waals surface area contributed by atoms with E-state index in [4.69, 9.17) is 9.47 Å². The van der Waals surface area contributed by atoms with Crippen molar-refractivity contribution in [3.05, 3.63) is 88.9 Å². The highest BCUT2D eigenvalue weighted by Crippen LogP contribution is 2.43. The first-order chi connectivity index (χ1) is 20.9. The smallest absolute Gasteiger partial charge is 0.484 e. The average molecular weight is 617 g/mol. The predicted molar refractivity (Wildman–Crippen MR) is 145 cm³/mol. The Kier molecular flexibility index (Phi) is 7.30. The fourth-order valence-corrected chi connectivity index (χ4v) is 5.33. The fraction of sp³-hybridized carbons (Fsp3) is 0.300. The number of aromatic nitrogens is 3. The van der Waals surface area contributed by atoms with Crippen LogP contribution in [0.15, 0.2) is 60.8 Å². The van der Waals surface area contributed by atoms with E-state index in [9.17, 15) is 26.7 Å². The Morgan fingerprint density at radius 1 is 1.11 bits per heavy atom. The van der Waals surface area contributed by atoms with E-state index in [1.807, 2.05) is 0 Å². The monoisotopic (exact) mass is 616 g/mol. The molecular formula is C30H25F5N4O5. The lowest BCUT2D eigenvalue weighted by Crippen LogP contribution is -2.25. The van der Waals surface area contributed by atoms with Crippen LogP contribution in [0.5, 0.6) is 17.2 Å². The minimum Gasteiger partial charge on any atom is -0.484 e. The second-order valence-corrected chi connectivity index (χ2v) is 10.3. The van der Waals surface area contributed by atoms with Crippen molar-refractivity contribution >= 4 is 11.8 Å². The summed E-state index contributed by atoms with van der Waals surface area (Å²) >= 11 is 0. The number of hydrogen-bond donors (Lipinski definition) is 1. The standard InChI is InChI=1S/C30H25F5N4O5/c1-16(17-9-10-22-24(14-17)44-30(34,35)43-22)37-25-15-19(11-12-36-25)39-26-21(27(38-39)29(31,32)33)7-4-8-23(26)42-20-6-3-5-18(13-20)28(40)41-2/h3,5-6,9-16,23H,4,7-8H2,1-2H3,(H,36,37)/t16-,23-/m0/s1. The Bertz CT molecular complexity index is 1720. The lowest BCUT2D eigenvalue weighted by molar-refractivity contribution is -0.286. The number of pyridine rings is 1. The molecule has 0 saturated heterocycles. The first-order valence-electron chi connectivity index (χ1n) is 13.6. The minimum atomic E-state index is -4.71. The molecule has 0 fully saturated rings. The third kappa shape index (κ3) is 5.71. The summed E-state index contributed by atoms with van der Waals surface area (Å²) in [6.07, 6.45) is -6.84. The van der Waals surface area contributed by atoms with Gasteiger partial charge in [0.15, 0.2) is 17.2 Å². The van der Waals surface area contributed by atoms with Gasteiger partial charge in [0, 0.05) is 17.8 Å². The molecule has 14 heteroatoms. The molecule has 230 valence electrons. The Balaban J connectivity index is 1.32. The van der Waals surface area contributed by atoms with Crippen molar-refractivity contribution in [3.63, 3.8) is 0 Å². The van der Waals surface area contributed by atoms with Gasteiger partial charge in [-0.2, -0.15) is 18.3 Å². The Hall–Kier alpha value is -4.88. The highest BCUT2D eigenvalue weighted by molar-refractivity contribution is 5.89. The van der Waals surface area contributed by atoms with Crippen LogP contribution in [0.25, 0.3) is 5.69 Å². The molecule has 0 unspecified atom stereocenters. The molecule has 4 aromatic rings. The van der Waals surface area contributed by atoms with Crippen LogP contribution in [0.3, 0.4) is 0 Å². The number of nitrogens with zero attached hydrogens (tertiary/aromatic N) is 3. The molecule has 3 heterocycles. The molecule has 2 aromatic carbocycles. The van der Waals surface area contributed by atoms with Gasteiger partial charge in [-0.3, -0.25) is 0 Å². The lowest BCUT2D eigenvalue weighted by atomic mass is 9.93. The molecule has 0 radical (unpaired) electrons. The van der Waals surface area contributed by atoms with Crippen molar-refractivity contribution in [1.82, 2.24) is 14.8 Å². The largest absolute Gasteiger partial charge is 0.586 e. The number of rotatable bonds is 7. The maximum atomic E-state index is 14.2. The van der Waals surface area contributed by atoms with Crippen molar-refractivity contribution in [2.75, 3.05) is 12.4 Å². The van der Waals surface area contributed by atoms with E-state index < -0.39 is 36.3 Å². The predicted octanol–water partition coefficient (Wildman–Crippen LogP) is 7.02. The quantitative estimate of drug-likeness (QED) is 0.175. The summed E-state index contributed by atoms with van der Waals surface area (Å²) < 4.78 is 90.5. The van der Waals surface area contributed by atoms with Crippen LogP contribution in [-0.2, 0) is 17.3 Å². The van der Waals surface area contributed by atoms with Gasteiger partial charge >= 0.3 is 18.4 Å². The van der Waals surface area contributed by atoms with Crippen LogP contribution in [-0.4, -0.2) is 34.1 Å². The number of nitrogens with one attached hydrogen (secondary N) is 1. The van der Waals surface area contributed by atoms with Crippen molar-refractivity contribution in [2.45, 2.75) is 50.8 Å². The van der Waals surface area contributed by atoms with Crippen LogP contribution in [0, 0.1) is 0 Å². The maximum Gasteiger partial charge on any atom is 0.586 e. The molecule has 44 heavy (non-hydrogen) atoms. The topological polar surface area (TPSA) is 96.7 Å². The molecule has 6 rings (SSSR count). The molecule has 2 aliphatic rings. The van der Waals surface area contributed by atoms with Gasteiger partial charge in [0.2, 0.25) is 0 Å². The molecule has 0 saturated carbocycles. The van der Waals surface area contributed by atoms with E-state index in [0.717, 1.165) is 0 Å². The third-order valence-corrected chi connectivity index (χ3v) is 7.30. The van der Waals surface area contributed by atoms with E-state index in [-0.39, 0.29) is 34.7 Å². The number of carbonyl (C=O) groups is 1. The summed E-state index contributed by atoms with van der Waals surface area (Å²) in [6.45, 7) is 1.76. The number of ether oxygens (including phenoxy) is 4. The summed E-state index contributed by atoms with van der Waals surface area (Å²) in [6, 6.07) is 13.2. The third-order valence-electron chi connectivity index (χ3n) is 7.30. The van der Waals surface area contributed by atoms with Gasteiger partial charge in [-0.25, -0.2) is 14.5 Å². The SMILES string of the molecule is COC(=O)c1cccc(O[C@H]2CCCc3c(C(F)(F)F)nn(-c4ccnc(N[C@@H](C)c5ccc6c(c5)OC(F)(F)O6)c4)c32)c1. The Labute approximate surface area is 247 Å². The summed E-state index contributed by atoms with van der Waals surface area (Å²) in [7, 11) is 1.25. The molecule has 2 atom stereocenters. The first kappa shape index (κ1) is 29.2. The Morgan fingerprint density at radius 2 is 1.91 bits per heavy atom. The van der Waals surface area contributed by atoms with Gasteiger partial charge in [0.25, 0.3) is 0 Å². The van der Waals surface area contributed by atoms with Crippen molar-refractivity contribution in [3.8, 4) is 22.9 Å². The van der Waals surface area contributed by atoms with E-state index in [2.05, 4.69) is 24.9 Å². The van der Waals surface area contributed by atoms with E-state index in [1.54, 1.807) is 31.2 Å². The van der Waals surface area contributed by atoms with Crippen LogP contribution in [0.2, 0.25) is 0 Å². The van der Waals surface area contributed by atoms with Crippen molar-refractivity contribution in [2.24, 2.45) is 0 Å². The highest BCUT2D eigenvalue weighted by Gasteiger charge is 2.44. The molecule has 0 spiro atoms. The molecular weight excluding hydrogens is 591 g/mol. The number of alkyl halides is 5. The summed E-state index contributed by atoms with van der Waals surface area (Å²) in [5.74, 6) is -0.194. The fourth-order valence-electron chi connectivity index (χ4n) is 5.33. The zero-order valence-electron chi connectivity index (χ0n) is 23.3. The van der Waals surface area contributed by atoms with Gasteiger partial charge in [-0.1, -0.05) is 12.1 Å². The molecule has 1 aliphatic heterocycles. The lowest BCUT2D eigenvalue weighted by Gasteiger charge is -2.26. The van der Waals surface area contributed by atoms with Gasteiger partial charge in [0.1, 0.15) is 17.7 Å². The highest BCUT2D eigenvalue weighted by atomic mass is 19.4. The van der Waals surface area contributed by atoms with E-state index in [0.29, 0.717) is 35.7 Å². The Morgan fingerprint density at radius 3 is 2.68 bits per heavy atom. The number of carbonyl (C=O) groups excluding carboxylic acids is 1. The molecule has 9 nitrogen and oxygen atoms in total. The second kappa shape index (κ2) is 11.0. The summed E-state index contributed by atoms with van der Waals surface area (Å²) in [5, 5.41) is 7.13. The van der Waals surface area contributed by atoms with Crippen molar-refractivity contribution < 1.29 is 45.7 Å². The second-order valence-electron chi connectivity index (χ2n) is 10.3. The van der Waals surface area contributed by atoms with E-state index >= 15 is 0 Å². The number of anilines is 1. The molecule has 2 aromatic heterocycles. The van der Waals surface area contributed by atoms with Gasteiger partial charge in [-0.05, 0) is 68.1 Å². The molecule has 1 aliphatic carbocycles. The normalized spacial score (nSPS) is 17.5. The van der Waals surface area contributed by atoms with Crippen LogP contribution < -0.4 is 19.5 Å². The number of benzene rings is 2. The van der Waals surface area contributed by atoms with Gasteiger partial charge in [0.05, 0.1) is 30.1 Å². The molecule has 0 bridgehead atoms. The van der Waals surface area contributed by atoms with Crippen LogP contribution in [0.1, 0.15) is 64.8 Å². The molecule has 1 N–H and O–H groups in total. The number of esters is 1. The van der Waals surface area contributed by atoms with Gasteiger partial charge in [-0.15, -0.1) is 8.78 Å². The first-order valence-corrected chi connectivity index (χ1v) is 13.6. The van der Waals surface area contributed by atoms with E-state index in [1.165, 1.54) is 48.3 Å². The van der Waals surface area contributed by atoms with Crippen molar-refractivity contribution in [1.29, 1.82) is 0 Å². The van der Waals surface area contributed by atoms with Gasteiger partial charge < -0.3 is 24.3 Å². The zero-order valence-corrected chi connectivity index (χ0v) is 23.3. The molecule has 0 amide bonds. The van der Waals surface area contributed by atoms with Crippen LogP contribution in [0.4, 0.5) is 27.8 Å². The number of hydrogen-bond acceptors (Lipinski definition) is 8.